The second kappa shape index (κ2) is 16.3. The van der Waals surface area contributed by atoms with E-state index in [2.05, 4.69) is 71.9 Å². The van der Waals surface area contributed by atoms with Gasteiger partial charge >= 0.3 is 0 Å². The molecule has 0 spiro atoms. The van der Waals surface area contributed by atoms with Gasteiger partial charge in [0.1, 0.15) is 0 Å². The smallest absolute Gasteiger partial charge is 0.0230 e. The minimum absolute atomic E-state index is 1.01. The number of allylic oxidation sites excluding steroid dienone is 2. The quantitative estimate of drug-likeness (QED) is 0.498. The molecule has 0 aliphatic carbocycles. The summed E-state index contributed by atoms with van der Waals surface area (Å²) in [6.07, 6.45) is 9.10. The third-order valence-electron chi connectivity index (χ3n) is 3.91. The first-order valence-electron chi connectivity index (χ1n) is 9.28. The molecule has 0 unspecified atom stereocenters. The van der Waals surface area contributed by atoms with Crippen LogP contribution >= 0.6 is 0 Å². The van der Waals surface area contributed by atoms with Crippen molar-refractivity contribution in [1.29, 1.82) is 0 Å². The van der Waals surface area contributed by atoms with E-state index in [1.807, 2.05) is 13.8 Å². The molecule has 22 heavy (non-hydrogen) atoms. The van der Waals surface area contributed by atoms with Crippen molar-refractivity contribution >= 4 is 5.57 Å². The maximum atomic E-state index is 2.30. The molecule has 1 aromatic rings. The summed E-state index contributed by atoms with van der Waals surface area (Å²) in [5, 5.41) is 0. The zero-order valence-electron chi connectivity index (χ0n) is 16.5. The molecule has 1 rings (SSSR count). The number of hydrogen-bond acceptors (Lipinski definition) is 0. The number of aryl methyl sites for hydroxylation is 1. The first kappa shape index (κ1) is 23.2. The van der Waals surface area contributed by atoms with E-state index in [-0.39, 0.29) is 0 Å². The van der Waals surface area contributed by atoms with Crippen molar-refractivity contribution in [3.8, 4) is 0 Å². The van der Waals surface area contributed by atoms with Crippen molar-refractivity contribution < 1.29 is 0 Å². The van der Waals surface area contributed by atoms with E-state index in [9.17, 15) is 0 Å². The van der Waals surface area contributed by atoms with Gasteiger partial charge in [-0.1, -0.05) is 103 Å². The summed E-state index contributed by atoms with van der Waals surface area (Å²) in [7, 11) is 0. The minimum atomic E-state index is 1.01. The Morgan fingerprint density at radius 2 is 1.41 bits per heavy atom. The Labute approximate surface area is 141 Å². The van der Waals surface area contributed by atoms with Crippen LogP contribution in [0.1, 0.15) is 91.7 Å². The Morgan fingerprint density at radius 3 is 1.73 bits per heavy atom. The Morgan fingerprint density at radius 1 is 0.955 bits per heavy atom. The molecule has 0 N–H and O–H groups in total. The normalized spacial score (nSPS) is 10.5. The van der Waals surface area contributed by atoms with Crippen LogP contribution in [-0.4, -0.2) is 0 Å². The van der Waals surface area contributed by atoms with Gasteiger partial charge in [0.2, 0.25) is 0 Å². The molecule has 0 amide bonds. The highest BCUT2D eigenvalue weighted by atomic mass is 14.1. The maximum absolute atomic E-state index is 2.30. The molecule has 128 valence electrons. The molecule has 0 saturated carbocycles. The van der Waals surface area contributed by atoms with Crippen LogP contribution in [-0.2, 0) is 0 Å². The number of benzene rings is 1. The second-order valence-electron chi connectivity index (χ2n) is 5.69. The third-order valence-corrected chi connectivity index (χ3v) is 3.91. The van der Waals surface area contributed by atoms with E-state index in [4.69, 9.17) is 0 Å². The highest BCUT2D eigenvalue weighted by Crippen LogP contribution is 2.16. The Bertz CT molecular complexity index is 350. The van der Waals surface area contributed by atoms with Crippen molar-refractivity contribution in [2.24, 2.45) is 5.92 Å². The zero-order chi connectivity index (χ0) is 17.4. The van der Waals surface area contributed by atoms with Crippen LogP contribution < -0.4 is 0 Å². The summed E-state index contributed by atoms with van der Waals surface area (Å²) in [4.78, 5) is 0. The van der Waals surface area contributed by atoms with Gasteiger partial charge in [-0.2, -0.15) is 0 Å². The lowest BCUT2D eigenvalue weighted by Crippen LogP contribution is -1.96. The fourth-order valence-corrected chi connectivity index (χ4v) is 2.35. The fourth-order valence-electron chi connectivity index (χ4n) is 2.35. The molecule has 0 heterocycles. The Balaban J connectivity index is 0. The van der Waals surface area contributed by atoms with E-state index < -0.39 is 0 Å². The van der Waals surface area contributed by atoms with E-state index in [1.165, 1.54) is 48.8 Å². The SMILES string of the molecule is C/C=C(\C)c1ccc(C)cc1.CC.CCCC(CC)CCC. The first-order valence-corrected chi connectivity index (χ1v) is 9.28. The van der Waals surface area contributed by atoms with Gasteiger partial charge in [-0.25, -0.2) is 0 Å². The topological polar surface area (TPSA) is 0 Å². The van der Waals surface area contributed by atoms with Gasteiger partial charge in [0.25, 0.3) is 0 Å². The van der Waals surface area contributed by atoms with Crippen LogP contribution in [0.15, 0.2) is 30.3 Å². The van der Waals surface area contributed by atoms with Crippen molar-refractivity contribution in [2.45, 2.75) is 87.5 Å². The van der Waals surface area contributed by atoms with Gasteiger partial charge in [0, 0.05) is 0 Å². The van der Waals surface area contributed by atoms with Crippen LogP contribution in [0.3, 0.4) is 0 Å². The van der Waals surface area contributed by atoms with Crippen LogP contribution in [0, 0.1) is 12.8 Å². The average molecular weight is 305 g/mol. The molecule has 0 atom stereocenters. The lowest BCUT2D eigenvalue weighted by atomic mass is 9.96. The highest BCUT2D eigenvalue weighted by Gasteiger charge is 2.01. The monoisotopic (exact) mass is 304 g/mol. The molecule has 0 aliphatic rings. The van der Waals surface area contributed by atoms with Crippen molar-refractivity contribution in [3.05, 3.63) is 41.5 Å². The van der Waals surface area contributed by atoms with Gasteiger partial charge in [-0.05, 0) is 37.8 Å². The lowest BCUT2D eigenvalue weighted by molar-refractivity contribution is 0.427. The summed E-state index contributed by atoms with van der Waals surface area (Å²) in [6.45, 7) is 17.2. The van der Waals surface area contributed by atoms with Crippen molar-refractivity contribution in [1.82, 2.24) is 0 Å². The molecule has 0 aromatic heterocycles. The van der Waals surface area contributed by atoms with E-state index in [1.54, 1.807) is 0 Å². The third kappa shape index (κ3) is 11.6. The summed E-state index contributed by atoms with van der Waals surface area (Å²) >= 11 is 0. The van der Waals surface area contributed by atoms with E-state index in [0.717, 1.165) is 5.92 Å². The van der Waals surface area contributed by atoms with Crippen LogP contribution in [0.2, 0.25) is 0 Å². The van der Waals surface area contributed by atoms with Gasteiger partial charge in [0.05, 0.1) is 0 Å². The van der Waals surface area contributed by atoms with Crippen molar-refractivity contribution in [2.75, 3.05) is 0 Å². The molecule has 1 aromatic carbocycles. The van der Waals surface area contributed by atoms with Crippen LogP contribution in [0.5, 0.6) is 0 Å². The van der Waals surface area contributed by atoms with Gasteiger partial charge < -0.3 is 0 Å². The predicted octanol–water partition coefficient (Wildman–Crippen LogP) is 8.06. The maximum Gasteiger partial charge on any atom is -0.0230 e. The van der Waals surface area contributed by atoms with E-state index in [0.29, 0.717) is 0 Å². The minimum Gasteiger partial charge on any atom is -0.0841 e. The Hall–Kier alpha value is -1.04. The molecule has 0 nitrogen and oxygen atoms in total. The highest BCUT2D eigenvalue weighted by molar-refractivity contribution is 5.63. The zero-order valence-corrected chi connectivity index (χ0v) is 16.5. The van der Waals surface area contributed by atoms with Gasteiger partial charge in [0.15, 0.2) is 0 Å². The number of rotatable bonds is 6. The van der Waals surface area contributed by atoms with Crippen LogP contribution in [0.25, 0.3) is 5.57 Å². The molecule has 0 heteroatoms. The van der Waals surface area contributed by atoms with Gasteiger partial charge in [-0.15, -0.1) is 0 Å². The lowest BCUT2D eigenvalue weighted by Gasteiger charge is -2.10. The molecule has 0 saturated heterocycles. The largest absolute Gasteiger partial charge is 0.0841 e. The summed E-state index contributed by atoms with van der Waals surface area (Å²) in [5.41, 5.74) is 3.97. The summed E-state index contributed by atoms with van der Waals surface area (Å²) in [6, 6.07) is 8.60. The first-order chi connectivity index (χ1) is 10.6. The fraction of sp³-hybridized carbons (Fsp3) is 0.636. The molecule has 0 radical (unpaired) electrons. The second-order valence-corrected chi connectivity index (χ2v) is 5.69. The summed E-state index contributed by atoms with van der Waals surface area (Å²) < 4.78 is 0. The number of hydrogen-bond donors (Lipinski definition) is 0. The molecule has 0 aliphatic heterocycles. The van der Waals surface area contributed by atoms with E-state index >= 15 is 0 Å². The molecule has 0 fully saturated rings. The summed E-state index contributed by atoms with van der Waals surface area (Å²) in [5.74, 6) is 1.01. The molecular formula is C22H40. The van der Waals surface area contributed by atoms with Gasteiger partial charge in [-0.3, -0.25) is 0 Å². The average Bonchev–Trinajstić information content (AvgIpc) is 2.57. The molecule has 0 bridgehead atoms. The van der Waals surface area contributed by atoms with Crippen molar-refractivity contribution in [3.63, 3.8) is 0 Å². The van der Waals surface area contributed by atoms with Crippen LogP contribution in [0.4, 0.5) is 0 Å². The molecular weight excluding hydrogens is 264 g/mol. The predicted molar refractivity (Wildman–Crippen MR) is 105 cm³/mol. The standard InChI is InChI=1S/C11H14.C9H20.C2H6/c1-4-10(3)11-7-5-9(2)6-8-11;1-4-7-9(6-3)8-5-2;1-2/h4-8H,1-3H3;9H,4-8H2,1-3H3;1-2H3/b10-4+;;. The Kier molecular flexibility index (Phi) is 17.2.